The lowest BCUT2D eigenvalue weighted by molar-refractivity contribution is 0.0783. The fourth-order valence-electron chi connectivity index (χ4n) is 2.57. The maximum atomic E-state index is 9.68. The second-order valence-electron chi connectivity index (χ2n) is 6.10. The van der Waals surface area contributed by atoms with Crippen LogP contribution in [0.1, 0.15) is 90.4 Å². The summed E-state index contributed by atoms with van der Waals surface area (Å²) in [6, 6.07) is 0. The van der Waals surface area contributed by atoms with E-state index in [1.807, 2.05) is 0 Å². The zero-order valence-electron chi connectivity index (χ0n) is 13.5. The lowest BCUT2D eigenvalue weighted by Gasteiger charge is -2.13. The molecule has 0 spiro atoms. The fraction of sp³-hybridized carbons (Fsp3) is 1.00. The number of aliphatic hydroxyl groups excluding tert-OH is 2. The maximum absolute atomic E-state index is 9.68. The van der Waals surface area contributed by atoms with Gasteiger partial charge in [0.05, 0.1) is 12.2 Å². The standard InChI is InChI=1S/C17H37NO2/c1-2-3-4-5-6-7-8-9-10-11-12-13-16(19)14-17(20)15-18/h16-17,19-20H,2-15,18H2,1H3/t16-,17-/m0/s1. The van der Waals surface area contributed by atoms with Crippen LogP contribution in [-0.2, 0) is 0 Å². The minimum absolute atomic E-state index is 0.245. The van der Waals surface area contributed by atoms with Gasteiger partial charge in [-0.1, -0.05) is 77.6 Å². The number of nitrogens with two attached hydrogens (primary N) is 1. The molecule has 0 aromatic carbocycles. The Morgan fingerprint density at radius 2 is 1.15 bits per heavy atom. The van der Waals surface area contributed by atoms with Crippen LogP contribution >= 0.6 is 0 Å². The van der Waals surface area contributed by atoms with Crippen LogP contribution in [0.4, 0.5) is 0 Å². The van der Waals surface area contributed by atoms with Crippen LogP contribution in [-0.4, -0.2) is 29.0 Å². The lowest BCUT2D eigenvalue weighted by Crippen LogP contribution is -2.25. The highest BCUT2D eigenvalue weighted by Gasteiger charge is 2.09. The van der Waals surface area contributed by atoms with E-state index in [4.69, 9.17) is 5.73 Å². The van der Waals surface area contributed by atoms with Crippen LogP contribution in [0.25, 0.3) is 0 Å². The molecule has 3 nitrogen and oxygen atoms in total. The predicted octanol–water partition coefficient (Wildman–Crippen LogP) is 3.76. The van der Waals surface area contributed by atoms with E-state index in [2.05, 4.69) is 6.92 Å². The molecule has 2 atom stereocenters. The van der Waals surface area contributed by atoms with Crippen molar-refractivity contribution in [2.24, 2.45) is 5.73 Å². The Morgan fingerprint density at radius 3 is 1.60 bits per heavy atom. The van der Waals surface area contributed by atoms with Crippen molar-refractivity contribution in [2.75, 3.05) is 6.54 Å². The molecule has 4 N–H and O–H groups in total. The van der Waals surface area contributed by atoms with Crippen molar-refractivity contribution in [3.63, 3.8) is 0 Å². The number of unbranched alkanes of at least 4 members (excludes halogenated alkanes) is 10. The monoisotopic (exact) mass is 287 g/mol. The van der Waals surface area contributed by atoms with Crippen molar-refractivity contribution >= 4 is 0 Å². The third-order valence-electron chi connectivity index (χ3n) is 3.96. The third kappa shape index (κ3) is 14.3. The van der Waals surface area contributed by atoms with Gasteiger partial charge < -0.3 is 15.9 Å². The van der Waals surface area contributed by atoms with Crippen molar-refractivity contribution in [1.82, 2.24) is 0 Å². The van der Waals surface area contributed by atoms with E-state index in [1.54, 1.807) is 0 Å². The first-order valence-corrected chi connectivity index (χ1v) is 8.76. The molecule has 0 bridgehead atoms. The largest absolute Gasteiger partial charge is 0.393 e. The minimum Gasteiger partial charge on any atom is -0.393 e. The van der Waals surface area contributed by atoms with Crippen LogP contribution < -0.4 is 5.73 Å². The summed E-state index contributed by atoms with van der Waals surface area (Å²) in [6.07, 6.45) is 14.8. The highest BCUT2D eigenvalue weighted by molar-refractivity contribution is 4.64. The minimum atomic E-state index is -0.544. The maximum Gasteiger partial charge on any atom is 0.0687 e. The van der Waals surface area contributed by atoms with E-state index in [0.29, 0.717) is 6.42 Å². The van der Waals surface area contributed by atoms with Crippen LogP contribution in [0, 0.1) is 0 Å². The summed E-state index contributed by atoms with van der Waals surface area (Å²) in [5, 5.41) is 19.0. The van der Waals surface area contributed by atoms with Gasteiger partial charge in [-0.05, 0) is 6.42 Å². The molecule has 0 heterocycles. The Bertz CT molecular complexity index is 188. The number of rotatable bonds is 15. The van der Waals surface area contributed by atoms with Gasteiger partial charge in [-0.2, -0.15) is 0 Å². The summed E-state index contributed by atoms with van der Waals surface area (Å²) >= 11 is 0. The van der Waals surface area contributed by atoms with E-state index >= 15 is 0 Å². The summed E-state index contributed by atoms with van der Waals surface area (Å²) in [6.45, 7) is 2.50. The average Bonchev–Trinajstić information content (AvgIpc) is 2.44. The fourth-order valence-corrected chi connectivity index (χ4v) is 2.57. The summed E-state index contributed by atoms with van der Waals surface area (Å²) in [5.74, 6) is 0. The lowest BCUT2D eigenvalue weighted by atomic mass is 10.0. The van der Waals surface area contributed by atoms with E-state index < -0.39 is 6.10 Å². The van der Waals surface area contributed by atoms with Crippen LogP contribution in [0.2, 0.25) is 0 Å². The molecule has 0 rings (SSSR count). The molecule has 0 aromatic heterocycles. The number of hydrogen-bond acceptors (Lipinski definition) is 3. The van der Waals surface area contributed by atoms with Crippen LogP contribution in [0.5, 0.6) is 0 Å². The Labute approximate surface area is 126 Å². The van der Waals surface area contributed by atoms with Gasteiger partial charge in [0, 0.05) is 13.0 Å². The molecule has 20 heavy (non-hydrogen) atoms. The predicted molar refractivity (Wildman–Crippen MR) is 86.8 cm³/mol. The molecule has 0 saturated carbocycles. The van der Waals surface area contributed by atoms with Crippen molar-refractivity contribution in [1.29, 1.82) is 0 Å². The molecule has 0 aliphatic carbocycles. The highest BCUT2D eigenvalue weighted by Crippen LogP contribution is 2.13. The van der Waals surface area contributed by atoms with E-state index in [0.717, 1.165) is 12.8 Å². The quantitative estimate of drug-likeness (QED) is 0.402. The summed E-state index contributed by atoms with van der Waals surface area (Å²) < 4.78 is 0. The Hall–Kier alpha value is -0.120. The third-order valence-corrected chi connectivity index (χ3v) is 3.96. The van der Waals surface area contributed by atoms with Gasteiger partial charge in [-0.25, -0.2) is 0 Å². The van der Waals surface area contributed by atoms with Crippen LogP contribution in [0.3, 0.4) is 0 Å². The van der Waals surface area contributed by atoms with Crippen molar-refractivity contribution in [2.45, 2.75) is 103 Å². The topological polar surface area (TPSA) is 66.5 Å². The molecular formula is C17H37NO2. The number of aliphatic hydroxyl groups is 2. The SMILES string of the molecule is CCCCCCCCCCCCC[C@H](O)C[C@H](O)CN. The van der Waals surface area contributed by atoms with Gasteiger partial charge >= 0.3 is 0 Å². The molecule has 122 valence electrons. The molecule has 0 fully saturated rings. The zero-order chi connectivity index (χ0) is 15.1. The first-order chi connectivity index (χ1) is 9.70. The van der Waals surface area contributed by atoms with E-state index in [9.17, 15) is 10.2 Å². The highest BCUT2D eigenvalue weighted by atomic mass is 16.3. The van der Waals surface area contributed by atoms with Crippen molar-refractivity contribution in [3.05, 3.63) is 0 Å². The Morgan fingerprint density at radius 1 is 0.700 bits per heavy atom. The first-order valence-electron chi connectivity index (χ1n) is 8.76. The second kappa shape index (κ2) is 15.3. The summed E-state index contributed by atoms with van der Waals surface area (Å²) in [4.78, 5) is 0. The summed E-state index contributed by atoms with van der Waals surface area (Å²) in [7, 11) is 0. The smallest absolute Gasteiger partial charge is 0.0687 e. The van der Waals surface area contributed by atoms with Gasteiger partial charge in [0.25, 0.3) is 0 Å². The Kier molecular flexibility index (Phi) is 15.2. The molecule has 0 radical (unpaired) electrons. The molecular weight excluding hydrogens is 250 g/mol. The molecule has 0 aliphatic rings. The Balaban J connectivity index is 3.12. The first kappa shape index (κ1) is 19.9. The van der Waals surface area contributed by atoms with Crippen LogP contribution in [0.15, 0.2) is 0 Å². The van der Waals surface area contributed by atoms with Crippen molar-refractivity contribution in [3.8, 4) is 0 Å². The van der Waals surface area contributed by atoms with Gasteiger partial charge in [-0.15, -0.1) is 0 Å². The second-order valence-corrected chi connectivity index (χ2v) is 6.10. The van der Waals surface area contributed by atoms with Crippen molar-refractivity contribution < 1.29 is 10.2 Å². The zero-order valence-corrected chi connectivity index (χ0v) is 13.5. The molecule has 0 aromatic rings. The molecule has 0 saturated heterocycles. The molecule has 0 aliphatic heterocycles. The van der Waals surface area contributed by atoms with Gasteiger partial charge in [0.2, 0.25) is 0 Å². The number of hydrogen-bond donors (Lipinski definition) is 3. The van der Waals surface area contributed by atoms with E-state index in [-0.39, 0.29) is 12.6 Å². The summed E-state index contributed by atoms with van der Waals surface area (Å²) in [5.41, 5.74) is 5.32. The normalized spacial score (nSPS) is 14.4. The van der Waals surface area contributed by atoms with E-state index in [1.165, 1.54) is 64.2 Å². The molecule has 0 amide bonds. The van der Waals surface area contributed by atoms with Gasteiger partial charge in [-0.3, -0.25) is 0 Å². The van der Waals surface area contributed by atoms with Gasteiger partial charge in [0.1, 0.15) is 0 Å². The van der Waals surface area contributed by atoms with Gasteiger partial charge in [0.15, 0.2) is 0 Å². The molecule has 3 heteroatoms. The average molecular weight is 287 g/mol. The molecule has 0 unspecified atom stereocenters.